The molecule has 0 N–H and O–H groups in total. The lowest BCUT2D eigenvalue weighted by atomic mass is 9.98. The molecule has 1 aliphatic heterocycles. The van der Waals surface area contributed by atoms with Crippen molar-refractivity contribution >= 4 is 11.9 Å². The third-order valence-corrected chi connectivity index (χ3v) is 5.84. The van der Waals surface area contributed by atoms with Crippen molar-refractivity contribution < 1.29 is 14.3 Å². The van der Waals surface area contributed by atoms with E-state index in [0.29, 0.717) is 31.7 Å². The molecule has 2 atom stereocenters. The van der Waals surface area contributed by atoms with Crippen LogP contribution in [0.1, 0.15) is 45.1 Å². The van der Waals surface area contributed by atoms with Crippen LogP contribution in [0.25, 0.3) is 0 Å². The Bertz CT molecular complexity index is 630. The van der Waals surface area contributed by atoms with Gasteiger partial charge in [0, 0.05) is 25.7 Å². The fraction of sp³-hybridized carbons (Fsp3) is 0.636. The number of esters is 1. The van der Waals surface area contributed by atoms with Crippen molar-refractivity contribution in [3.05, 3.63) is 35.9 Å². The van der Waals surface area contributed by atoms with Gasteiger partial charge in [-0.25, -0.2) is 0 Å². The molecular weight excluding hydrogens is 340 g/mol. The number of carbonyl (C=O) groups excluding carboxylic acids is 2. The van der Waals surface area contributed by atoms with Crippen LogP contribution in [-0.2, 0) is 20.9 Å². The van der Waals surface area contributed by atoms with Crippen molar-refractivity contribution in [1.29, 1.82) is 0 Å². The van der Waals surface area contributed by atoms with E-state index in [1.807, 2.05) is 30.0 Å². The Balaban J connectivity index is 1.62. The SMILES string of the molecule is CCOC(=O)C1CCCN(C(=O)CN(Cc2ccccc2)C(C)C2CC2)C1. The second-order valence-corrected chi connectivity index (χ2v) is 7.90. The quantitative estimate of drug-likeness (QED) is 0.658. The summed E-state index contributed by atoms with van der Waals surface area (Å²) in [6, 6.07) is 10.8. The second-order valence-electron chi connectivity index (χ2n) is 7.90. The Kier molecular flexibility index (Phi) is 6.89. The van der Waals surface area contributed by atoms with Crippen molar-refractivity contribution in [3.8, 4) is 0 Å². The van der Waals surface area contributed by atoms with Crippen LogP contribution in [0.3, 0.4) is 0 Å². The number of benzene rings is 1. The largest absolute Gasteiger partial charge is 0.466 e. The van der Waals surface area contributed by atoms with Crippen LogP contribution < -0.4 is 0 Å². The van der Waals surface area contributed by atoms with Gasteiger partial charge in [-0.05, 0) is 51.0 Å². The van der Waals surface area contributed by atoms with Gasteiger partial charge in [0.15, 0.2) is 0 Å². The number of ether oxygens (including phenoxy) is 1. The maximum Gasteiger partial charge on any atom is 0.310 e. The van der Waals surface area contributed by atoms with Crippen LogP contribution >= 0.6 is 0 Å². The van der Waals surface area contributed by atoms with Gasteiger partial charge < -0.3 is 9.64 Å². The molecule has 3 rings (SSSR count). The van der Waals surface area contributed by atoms with E-state index in [9.17, 15) is 9.59 Å². The van der Waals surface area contributed by atoms with Gasteiger partial charge in [0.05, 0.1) is 19.1 Å². The van der Waals surface area contributed by atoms with Gasteiger partial charge in [-0.1, -0.05) is 30.3 Å². The fourth-order valence-electron chi connectivity index (χ4n) is 3.97. The van der Waals surface area contributed by atoms with Gasteiger partial charge >= 0.3 is 5.97 Å². The third-order valence-electron chi connectivity index (χ3n) is 5.84. The minimum absolute atomic E-state index is 0.132. The molecule has 2 aliphatic rings. The topological polar surface area (TPSA) is 49.9 Å². The Morgan fingerprint density at radius 3 is 2.63 bits per heavy atom. The Hall–Kier alpha value is -1.88. The van der Waals surface area contributed by atoms with Crippen LogP contribution in [-0.4, -0.2) is 54.0 Å². The van der Waals surface area contributed by atoms with E-state index < -0.39 is 0 Å². The molecule has 0 spiro atoms. The molecule has 0 radical (unpaired) electrons. The summed E-state index contributed by atoms with van der Waals surface area (Å²) in [5, 5.41) is 0. The zero-order valence-corrected chi connectivity index (χ0v) is 16.6. The lowest BCUT2D eigenvalue weighted by molar-refractivity contribution is -0.151. The molecule has 2 unspecified atom stereocenters. The summed E-state index contributed by atoms with van der Waals surface area (Å²) in [6.45, 7) is 6.91. The standard InChI is InChI=1S/C22H32N2O3/c1-3-27-22(26)20-10-7-13-23(15-20)21(25)16-24(17(2)19-11-12-19)14-18-8-5-4-6-9-18/h4-6,8-9,17,19-20H,3,7,10-16H2,1-2H3. The number of rotatable bonds is 8. The average molecular weight is 373 g/mol. The summed E-state index contributed by atoms with van der Waals surface area (Å²) in [7, 11) is 0. The normalized spacial score (nSPS) is 21.1. The average Bonchev–Trinajstić information content (AvgIpc) is 3.53. The first-order valence-corrected chi connectivity index (χ1v) is 10.3. The van der Waals surface area contributed by atoms with Crippen LogP contribution in [0, 0.1) is 11.8 Å². The predicted octanol–water partition coefficient (Wildman–Crippen LogP) is 3.09. The van der Waals surface area contributed by atoms with Crippen molar-refractivity contribution in [1.82, 2.24) is 9.80 Å². The first-order valence-electron chi connectivity index (χ1n) is 10.3. The molecule has 27 heavy (non-hydrogen) atoms. The highest BCUT2D eigenvalue weighted by molar-refractivity contribution is 5.80. The summed E-state index contributed by atoms with van der Waals surface area (Å²) in [5.74, 6) is 0.496. The Morgan fingerprint density at radius 2 is 1.96 bits per heavy atom. The van der Waals surface area contributed by atoms with Crippen molar-refractivity contribution in [3.63, 3.8) is 0 Å². The van der Waals surface area contributed by atoms with Crippen LogP contribution in [0.15, 0.2) is 30.3 Å². The van der Waals surface area contributed by atoms with Gasteiger partial charge in [0.25, 0.3) is 0 Å². The molecule has 0 aromatic heterocycles. The maximum atomic E-state index is 13.0. The zero-order valence-electron chi connectivity index (χ0n) is 16.6. The first-order chi connectivity index (χ1) is 13.1. The van der Waals surface area contributed by atoms with E-state index in [4.69, 9.17) is 4.74 Å². The molecule has 5 nitrogen and oxygen atoms in total. The number of nitrogens with zero attached hydrogens (tertiary/aromatic N) is 2. The molecule has 0 bridgehead atoms. The van der Waals surface area contributed by atoms with E-state index >= 15 is 0 Å². The molecule has 1 aromatic rings. The molecule has 1 aliphatic carbocycles. The monoisotopic (exact) mass is 372 g/mol. The van der Waals surface area contributed by atoms with E-state index in [2.05, 4.69) is 24.0 Å². The minimum Gasteiger partial charge on any atom is -0.466 e. The molecule has 1 amide bonds. The van der Waals surface area contributed by atoms with Crippen LogP contribution in [0.5, 0.6) is 0 Å². The maximum absolute atomic E-state index is 13.0. The van der Waals surface area contributed by atoms with E-state index in [-0.39, 0.29) is 17.8 Å². The lowest BCUT2D eigenvalue weighted by Crippen LogP contribution is -2.48. The van der Waals surface area contributed by atoms with Gasteiger partial charge in [-0.15, -0.1) is 0 Å². The predicted molar refractivity (Wildman–Crippen MR) is 105 cm³/mol. The smallest absolute Gasteiger partial charge is 0.310 e. The first kappa shape index (κ1) is 19.9. The highest BCUT2D eigenvalue weighted by Gasteiger charge is 2.35. The molecular formula is C22H32N2O3. The van der Waals surface area contributed by atoms with E-state index in [0.717, 1.165) is 25.9 Å². The number of carbonyl (C=O) groups is 2. The lowest BCUT2D eigenvalue weighted by Gasteiger charge is -2.35. The molecule has 1 aromatic carbocycles. The Labute approximate surface area is 162 Å². The highest BCUT2D eigenvalue weighted by Crippen LogP contribution is 2.35. The molecule has 2 fully saturated rings. The number of hydrogen-bond acceptors (Lipinski definition) is 4. The van der Waals surface area contributed by atoms with Gasteiger partial charge in [-0.3, -0.25) is 14.5 Å². The highest BCUT2D eigenvalue weighted by atomic mass is 16.5. The van der Waals surface area contributed by atoms with Crippen molar-refractivity contribution in [2.24, 2.45) is 11.8 Å². The van der Waals surface area contributed by atoms with E-state index in [1.165, 1.54) is 18.4 Å². The molecule has 1 saturated carbocycles. The fourth-order valence-corrected chi connectivity index (χ4v) is 3.97. The molecule has 1 heterocycles. The van der Waals surface area contributed by atoms with Gasteiger partial charge in [-0.2, -0.15) is 0 Å². The minimum atomic E-state index is -0.175. The summed E-state index contributed by atoms with van der Waals surface area (Å²) >= 11 is 0. The van der Waals surface area contributed by atoms with E-state index in [1.54, 1.807) is 0 Å². The van der Waals surface area contributed by atoms with Gasteiger partial charge in [0.1, 0.15) is 0 Å². The van der Waals surface area contributed by atoms with Gasteiger partial charge in [0.2, 0.25) is 5.91 Å². The third kappa shape index (κ3) is 5.55. The van der Waals surface area contributed by atoms with Crippen molar-refractivity contribution in [2.75, 3.05) is 26.2 Å². The summed E-state index contributed by atoms with van der Waals surface area (Å²) < 4.78 is 5.16. The van der Waals surface area contributed by atoms with Crippen molar-refractivity contribution in [2.45, 2.75) is 52.1 Å². The Morgan fingerprint density at radius 1 is 1.22 bits per heavy atom. The molecule has 5 heteroatoms. The number of hydrogen-bond donors (Lipinski definition) is 0. The van der Waals surface area contributed by atoms with Crippen LogP contribution in [0.4, 0.5) is 0 Å². The number of likely N-dealkylation sites (tertiary alicyclic amines) is 1. The second kappa shape index (κ2) is 9.36. The summed E-state index contributed by atoms with van der Waals surface area (Å²) in [4.78, 5) is 29.2. The summed E-state index contributed by atoms with van der Waals surface area (Å²) in [6.07, 6.45) is 4.20. The number of piperidine rings is 1. The molecule has 148 valence electrons. The molecule has 1 saturated heterocycles. The summed E-state index contributed by atoms with van der Waals surface area (Å²) in [5.41, 5.74) is 1.24. The van der Waals surface area contributed by atoms with Crippen LogP contribution in [0.2, 0.25) is 0 Å². The zero-order chi connectivity index (χ0) is 19.2. The number of amides is 1.